The van der Waals surface area contributed by atoms with Gasteiger partial charge in [-0.3, -0.25) is 20.1 Å². The lowest BCUT2D eigenvalue weighted by Gasteiger charge is -2.13. The summed E-state index contributed by atoms with van der Waals surface area (Å²) < 4.78 is 15.2. The summed E-state index contributed by atoms with van der Waals surface area (Å²) in [6.45, 7) is 0. The highest BCUT2D eigenvalue weighted by atomic mass is 19.1. The van der Waals surface area contributed by atoms with Crippen molar-refractivity contribution >= 4 is 16.9 Å². The van der Waals surface area contributed by atoms with Gasteiger partial charge in [0.2, 0.25) is 5.95 Å². The number of hydroxylamine groups is 2. The number of nitrogens with zero attached hydrogens (tertiary/aromatic N) is 3. The quantitative estimate of drug-likeness (QED) is 0.437. The fourth-order valence-electron chi connectivity index (χ4n) is 2.60. The summed E-state index contributed by atoms with van der Waals surface area (Å²) in [5, 5.41) is 31.2. The molecule has 2 aliphatic rings. The summed E-state index contributed by atoms with van der Waals surface area (Å²) in [5.41, 5.74) is 0.00622. The molecule has 0 saturated carbocycles. The molecule has 0 amide bonds. The lowest BCUT2D eigenvalue weighted by Crippen LogP contribution is -2.28. The number of halogens is 1. The lowest BCUT2D eigenvalue weighted by molar-refractivity contribution is -0.418. The van der Waals surface area contributed by atoms with Crippen LogP contribution in [0.2, 0.25) is 0 Å². The Morgan fingerprint density at radius 3 is 2.40 bits per heavy atom. The van der Waals surface area contributed by atoms with Crippen molar-refractivity contribution in [3.05, 3.63) is 80.9 Å². The molecule has 3 rings (SSSR count). The summed E-state index contributed by atoms with van der Waals surface area (Å²) in [6.07, 6.45) is 5.97. The molecular formula is C16H12FN3O5. The Balaban J connectivity index is 2.26. The molecule has 0 aromatic carbocycles. The predicted octanol–water partition coefficient (Wildman–Crippen LogP) is 0.541. The first-order valence-corrected chi connectivity index (χ1v) is 7.05. The minimum atomic E-state index is -1.05. The first-order valence-electron chi connectivity index (χ1n) is 7.05. The Kier molecular flexibility index (Phi) is 3.85. The van der Waals surface area contributed by atoms with Crippen molar-refractivity contribution in [1.82, 2.24) is 9.63 Å². The van der Waals surface area contributed by atoms with Crippen molar-refractivity contribution in [2.75, 3.05) is 0 Å². The van der Waals surface area contributed by atoms with E-state index >= 15 is 0 Å². The van der Waals surface area contributed by atoms with Crippen LogP contribution < -0.4 is 10.7 Å². The number of allylic oxidation sites excluding steroid dienone is 4. The lowest BCUT2D eigenvalue weighted by atomic mass is 10.0. The Labute approximate surface area is 139 Å². The van der Waals surface area contributed by atoms with E-state index in [0.29, 0.717) is 21.3 Å². The minimum absolute atomic E-state index is 0.270. The molecule has 8 nitrogen and oxygen atoms in total. The second-order valence-corrected chi connectivity index (χ2v) is 5.35. The van der Waals surface area contributed by atoms with Crippen LogP contribution in [0.25, 0.3) is 11.1 Å². The number of carbonyl (C=O) groups is 1. The van der Waals surface area contributed by atoms with Crippen LogP contribution in [-0.4, -0.2) is 30.7 Å². The first-order chi connectivity index (χ1) is 11.8. The third kappa shape index (κ3) is 2.76. The number of aromatic nitrogens is 1. The van der Waals surface area contributed by atoms with E-state index in [-0.39, 0.29) is 5.57 Å². The maximum atomic E-state index is 13.5. The summed E-state index contributed by atoms with van der Waals surface area (Å²) >= 11 is 0. The molecule has 1 aliphatic carbocycles. The molecule has 1 aromatic rings. The average molecular weight is 345 g/mol. The van der Waals surface area contributed by atoms with E-state index in [9.17, 15) is 29.6 Å². The molecule has 2 N–H and O–H groups in total. The third-order valence-corrected chi connectivity index (χ3v) is 3.85. The zero-order chi connectivity index (χ0) is 18.3. The molecule has 9 heteroatoms. The minimum Gasteiger partial charge on any atom is -0.504 e. The van der Waals surface area contributed by atoms with Gasteiger partial charge >= 0.3 is 5.70 Å². The second kappa shape index (κ2) is 5.87. The molecule has 0 saturated heterocycles. The Morgan fingerprint density at radius 2 is 1.80 bits per heavy atom. The van der Waals surface area contributed by atoms with Crippen molar-refractivity contribution in [3.8, 4) is 0 Å². The van der Waals surface area contributed by atoms with Gasteiger partial charge in [-0.1, -0.05) is 0 Å². The SMILES string of the molecule is Cn1/c(=C2/C=CN(O)C(F)=C2)cc/c1=C1\C=C(O)C(=O)C([N+](=O)[O-])=C1. The smallest absolute Gasteiger partial charge is 0.320 e. The van der Waals surface area contributed by atoms with Crippen LogP contribution in [-0.2, 0) is 11.8 Å². The number of hydrogen-bond donors (Lipinski definition) is 2. The fraction of sp³-hybridized carbons (Fsp3) is 0.0625. The van der Waals surface area contributed by atoms with Gasteiger partial charge in [0.15, 0.2) is 5.76 Å². The molecule has 0 fully saturated rings. The fourth-order valence-corrected chi connectivity index (χ4v) is 2.60. The van der Waals surface area contributed by atoms with Gasteiger partial charge in [-0.15, -0.1) is 0 Å². The standard InChI is InChI=1S/C16H12FN3O5/c1-18-11(9-4-5-19(23)15(17)8-9)2-3-12(18)10-6-13(20(24)25)16(22)14(21)7-10/h2-8,21,23H,1H3/b11-9-,12-10+. The van der Waals surface area contributed by atoms with Gasteiger partial charge in [0.05, 0.1) is 4.92 Å². The molecule has 0 unspecified atom stereocenters. The Hall–Kier alpha value is -3.46. The normalized spacial score (nSPS) is 21.8. The highest BCUT2D eigenvalue weighted by molar-refractivity contribution is 6.09. The zero-order valence-corrected chi connectivity index (χ0v) is 12.9. The molecule has 25 heavy (non-hydrogen) atoms. The molecule has 0 bridgehead atoms. The molecule has 0 atom stereocenters. The molecule has 0 spiro atoms. The summed E-state index contributed by atoms with van der Waals surface area (Å²) in [7, 11) is 1.65. The van der Waals surface area contributed by atoms with Gasteiger partial charge in [-0.25, -0.2) is 5.06 Å². The molecule has 128 valence electrons. The Morgan fingerprint density at radius 1 is 1.16 bits per heavy atom. The number of nitro groups is 1. The van der Waals surface area contributed by atoms with E-state index in [2.05, 4.69) is 0 Å². The van der Waals surface area contributed by atoms with Crippen molar-refractivity contribution in [1.29, 1.82) is 0 Å². The van der Waals surface area contributed by atoms with Crippen LogP contribution in [0.5, 0.6) is 0 Å². The molecular weight excluding hydrogens is 333 g/mol. The van der Waals surface area contributed by atoms with E-state index in [0.717, 1.165) is 24.4 Å². The molecule has 1 aromatic heterocycles. The van der Waals surface area contributed by atoms with Crippen LogP contribution in [0.4, 0.5) is 4.39 Å². The van der Waals surface area contributed by atoms with Gasteiger partial charge in [0.1, 0.15) is 0 Å². The molecule has 0 radical (unpaired) electrons. The average Bonchev–Trinajstić information content (AvgIpc) is 2.94. The van der Waals surface area contributed by atoms with Gasteiger partial charge in [0, 0.05) is 47.2 Å². The van der Waals surface area contributed by atoms with E-state index in [4.69, 9.17) is 0 Å². The number of rotatable bonds is 1. The van der Waals surface area contributed by atoms with E-state index in [1.54, 1.807) is 23.7 Å². The van der Waals surface area contributed by atoms with Crippen LogP contribution in [0.3, 0.4) is 0 Å². The largest absolute Gasteiger partial charge is 0.504 e. The number of carbonyl (C=O) groups excluding carboxylic acids is 1. The van der Waals surface area contributed by atoms with Gasteiger partial charge in [-0.2, -0.15) is 4.39 Å². The number of aliphatic hydroxyl groups is 1. The highest BCUT2D eigenvalue weighted by Gasteiger charge is 2.29. The van der Waals surface area contributed by atoms with Crippen molar-refractivity contribution < 1.29 is 24.4 Å². The summed E-state index contributed by atoms with van der Waals surface area (Å²) in [5.74, 6) is -2.64. The number of ketones is 1. The second-order valence-electron chi connectivity index (χ2n) is 5.35. The maximum absolute atomic E-state index is 13.5. The van der Waals surface area contributed by atoms with Crippen LogP contribution >= 0.6 is 0 Å². The van der Waals surface area contributed by atoms with E-state index < -0.39 is 28.1 Å². The van der Waals surface area contributed by atoms with Crippen LogP contribution in [0.1, 0.15) is 0 Å². The van der Waals surface area contributed by atoms with Gasteiger partial charge in [0.25, 0.3) is 5.78 Å². The Bertz CT molecular complexity index is 1040. The topological polar surface area (TPSA) is 109 Å². The first kappa shape index (κ1) is 16.4. The third-order valence-electron chi connectivity index (χ3n) is 3.85. The monoisotopic (exact) mass is 345 g/mol. The highest BCUT2D eigenvalue weighted by Crippen LogP contribution is 2.18. The van der Waals surface area contributed by atoms with Crippen LogP contribution in [0, 0.1) is 10.1 Å². The summed E-state index contributed by atoms with van der Waals surface area (Å²) in [6, 6.07) is 3.27. The van der Waals surface area contributed by atoms with Crippen molar-refractivity contribution in [3.63, 3.8) is 0 Å². The molecule has 1 aliphatic heterocycles. The van der Waals surface area contributed by atoms with Crippen LogP contribution in [0.15, 0.2) is 60.0 Å². The van der Waals surface area contributed by atoms with Crippen molar-refractivity contribution in [2.45, 2.75) is 0 Å². The predicted molar refractivity (Wildman–Crippen MR) is 84.2 cm³/mol. The van der Waals surface area contributed by atoms with Crippen molar-refractivity contribution in [2.24, 2.45) is 7.05 Å². The summed E-state index contributed by atoms with van der Waals surface area (Å²) in [4.78, 5) is 21.7. The van der Waals surface area contributed by atoms with Gasteiger partial charge in [-0.05, 0) is 24.3 Å². The van der Waals surface area contributed by atoms with E-state index in [1.165, 1.54) is 6.08 Å². The van der Waals surface area contributed by atoms with Gasteiger partial charge < -0.3 is 9.67 Å². The number of aliphatic hydroxyl groups excluding tert-OH is 1. The molecule has 2 heterocycles. The number of Topliss-reactive ketones (excluding diaryl/α,β-unsaturated/α-hetero) is 1. The van der Waals surface area contributed by atoms with E-state index in [1.807, 2.05) is 0 Å². The zero-order valence-electron chi connectivity index (χ0n) is 12.9. The number of hydrogen-bond acceptors (Lipinski definition) is 6. The maximum Gasteiger partial charge on any atom is 0.320 e.